The summed E-state index contributed by atoms with van der Waals surface area (Å²) in [6.07, 6.45) is 52.5. The maximum Gasteiger partial charge on any atom is 0.220 e. The van der Waals surface area contributed by atoms with Gasteiger partial charge < -0.3 is 89.9 Å². The Kier molecular flexibility index (Phi) is 53.7. The van der Waals surface area contributed by atoms with Crippen LogP contribution in [-0.2, 0) is 33.2 Å². The number of hydrogen-bond acceptors (Lipinski definition) is 18. The third-order valence-electron chi connectivity index (χ3n) is 18.6. The molecule has 0 bridgehead atoms. The van der Waals surface area contributed by atoms with Crippen LogP contribution >= 0.6 is 0 Å². The number of nitrogens with one attached hydrogen (secondary N) is 1. The van der Waals surface area contributed by atoms with Crippen molar-refractivity contribution in [3.63, 3.8) is 0 Å². The zero-order valence-electron chi connectivity index (χ0n) is 60.2. The largest absolute Gasteiger partial charge is 0.394 e. The Morgan fingerprint density at radius 1 is 0.378 bits per heavy atom. The van der Waals surface area contributed by atoms with Gasteiger partial charge in [-0.25, -0.2) is 0 Å². The summed E-state index contributed by atoms with van der Waals surface area (Å²) in [5, 5.41) is 121. The molecule has 3 rings (SSSR count). The Morgan fingerprint density at radius 3 is 1.14 bits per heavy atom. The van der Waals surface area contributed by atoms with Crippen molar-refractivity contribution >= 4 is 5.91 Å². The Morgan fingerprint density at radius 2 is 0.714 bits per heavy atom. The highest BCUT2D eigenvalue weighted by atomic mass is 16.8. The molecule has 566 valence electrons. The topological polar surface area (TPSA) is 307 Å². The van der Waals surface area contributed by atoms with Crippen LogP contribution in [-0.4, -0.2) is 193 Å². The van der Waals surface area contributed by atoms with Gasteiger partial charge in [0, 0.05) is 6.42 Å². The number of carbonyl (C=O) groups excluding carboxylic acids is 1. The van der Waals surface area contributed by atoms with Gasteiger partial charge >= 0.3 is 0 Å². The standard InChI is InChI=1S/C79H137NO18/c1-3-5-7-9-11-13-15-17-19-21-23-25-26-27-28-29-30-31-32-33-34-35-36-37-39-41-43-45-47-49-51-53-55-57-67(85)80-62(63(84)56-54-52-50-48-46-44-42-40-38-24-22-20-18-16-14-12-10-8-6-4-2)61-93-77-73(91)70(88)75(65(59-82)95-77)98-79-74(92)71(89)76(66(60-83)96-79)97-78-72(90)69(87)68(86)64(58-81)94-78/h5,7,11,13,17,19,23,25,27-28,38,40,46,48,54,56,62-66,68-79,81-84,86-92H,3-4,6,8-10,12,14-16,18,20-22,24,26,29-37,39,41-45,47,49-53,55,57-61H2,1-2H3,(H,80,85)/b7-5-,13-11-,19-17-,25-23-,28-27-,40-38+,48-46+,56-54+. The van der Waals surface area contributed by atoms with Gasteiger partial charge in [-0.2, -0.15) is 0 Å². The predicted octanol–water partition coefficient (Wildman–Crippen LogP) is 12.0. The van der Waals surface area contributed by atoms with Crippen molar-refractivity contribution in [2.24, 2.45) is 0 Å². The van der Waals surface area contributed by atoms with Crippen molar-refractivity contribution in [3.8, 4) is 0 Å². The van der Waals surface area contributed by atoms with Crippen LogP contribution in [0.3, 0.4) is 0 Å². The average molecular weight is 1390 g/mol. The summed E-state index contributed by atoms with van der Waals surface area (Å²) in [6, 6.07) is -1.00. The molecular formula is C79H137NO18. The summed E-state index contributed by atoms with van der Waals surface area (Å²) >= 11 is 0. The van der Waals surface area contributed by atoms with Crippen LogP contribution in [0.15, 0.2) is 97.2 Å². The van der Waals surface area contributed by atoms with Crippen LogP contribution < -0.4 is 5.32 Å². The highest BCUT2D eigenvalue weighted by molar-refractivity contribution is 5.76. The van der Waals surface area contributed by atoms with Gasteiger partial charge in [0.15, 0.2) is 18.9 Å². The minimum atomic E-state index is -1.99. The normalized spacial score (nSPS) is 27.3. The van der Waals surface area contributed by atoms with E-state index in [0.29, 0.717) is 12.8 Å². The van der Waals surface area contributed by atoms with E-state index in [9.17, 15) is 61.0 Å². The van der Waals surface area contributed by atoms with Gasteiger partial charge in [0.2, 0.25) is 5.91 Å². The molecule has 0 aliphatic carbocycles. The first-order valence-electron chi connectivity index (χ1n) is 38.5. The van der Waals surface area contributed by atoms with Gasteiger partial charge in [-0.15, -0.1) is 0 Å². The number of aliphatic hydroxyl groups excluding tert-OH is 11. The van der Waals surface area contributed by atoms with Crippen LogP contribution in [0.1, 0.15) is 264 Å². The summed E-state index contributed by atoms with van der Waals surface area (Å²) in [7, 11) is 0. The van der Waals surface area contributed by atoms with Crippen LogP contribution in [0, 0.1) is 0 Å². The lowest BCUT2D eigenvalue weighted by molar-refractivity contribution is -0.379. The van der Waals surface area contributed by atoms with Crippen molar-refractivity contribution in [2.75, 3.05) is 26.4 Å². The Labute approximate surface area is 590 Å². The molecule has 0 aromatic heterocycles. The molecule has 0 aromatic carbocycles. The first-order valence-corrected chi connectivity index (χ1v) is 38.5. The molecule has 19 heteroatoms. The lowest BCUT2D eigenvalue weighted by Crippen LogP contribution is -2.66. The van der Waals surface area contributed by atoms with E-state index in [2.05, 4.69) is 104 Å². The SMILES string of the molecule is CC/C=C\C/C=C\C/C=C\C/C=C\C/C=C\CCCCCCCCCCCCCCCCCCCC(=O)NC(COC1OC(CO)C(OC2OC(CO)C(OC3OC(CO)C(O)C(O)C3O)C(O)C2O)C(O)C1O)C(O)/C=C/CC/C=C/CC/C=C/CCCCCCCCCCCC. The second-order valence-electron chi connectivity index (χ2n) is 27.1. The molecule has 3 aliphatic heterocycles. The maximum absolute atomic E-state index is 13.5. The molecule has 0 saturated carbocycles. The number of carbonyl (C=O) groups is 1. The van der Waals surface area contributed by atoms with Crippen LogP contribution in [0.4, 0.5) is 0 Å². The maximum atomic E-state index is 13.5. The minimum Gasteiger partial charge on any atom is -0.394 e. The Hall–Kier alpha value is -3.29. The fourth-order valence-electron chi connectivity index (χ4n) is 12.4. The lowest BCUT2D eigenvalue weighted by atomic mass is 9.96. The second-order valence-corrected chi connectivity index (χ2v) is 27.1. The second kappa shape index (κ2) is 59.1. The number of allylic oxidation sites excluding steroid dienone is 15. The molecule has 17 atom stereocenters. The molecule has 12 N–H and O–H groups in total. The predicted molar refractivity (Wildman–Crippen MR) is 387 cm³/mol. The van der Waals surface area contributed by atoms with Crippen molar-refractivity contribution in [3.05, 3.63) is 97.2 Å². The van der Waals surface area contributed by atoms with E-state index in [-0.39, 0.29) is 18.9 Å². The van der Waals surface area contributed by atoms with Crippen LogP contribution in [0.5, 0.6) is 0 Å². The molecule has 1 amide bonds. The van der Waals surface area contributed by atoms with Gasteiger partial charge in [-0.3, -0.25) is 4.79 Å². The summed E-state index contributed by atoms with van der Waals surface area (Å²) in [4.78, 5) is 13.5. The number of ether oxygens (including phenoxy) is 6. The first-order chi connectivity index (χ1) is 47.8. The molecule has 0 aromatic rings. The monoisotopic (exact) mass is 1390 g/mol. The van der Waals surface area contributed by atoms with Gasteiger partial charge in [0.05, 0.1) is 38.6 Å². The Balaban J connectivity index is 1.38. The van der Waals surface area contributed by atoms with E-state index in [1.165, 1.54) is 154 Å². The summed E-state index contributed by atoms with van der Waals surface area (Å²) < 4.78 is 34.4. The van der Waals surface area contributed by atoms with Crippen LogP contribution in [0.25, 0.3) is 0 Å². The van der Waals surface area contributed by atoms with E-state index < -0.39 is 124 Å². The summed E-state index contributed by atoms with van der Waals surface area (Å²) in [5.41, 5.74) is 0. The van der Waals surface area contributed by atoms with Gasteiger partial charge in [0.25, 0.3) is 0 Å². The third-order valence-corrected chi connectivity index (χ3v) is 18.6. The number of rotatable bonds is 59. The molecule has 3 aliphatic rings. The lowest BCUT2D eigenvalue weighted by Gasteiger charge is -2.48. The van der Waals surface area contributed by atoms with Crippen molar-refractivity contribution in [1.29, 1.82) is 0 Å². The molecular weight excluding hydrogens is 1250 g/mol. The fraction of sp³-hybridized carbons (Fsp3) is 0.785. The van der Waals surface area contributed by atoms with E-state index in [1.54, 1.807) is 6.08 Å². The molecule has 0 spiro atoms. The van der Waals surface area contributed by atoms with Gasteiger partial charge in [0.1, 0.15) is 73.2 Å². The first kappa shape index (κ1) is 88.9. The van der Waals surface area contributed by atoms with Crippen molar-refractivity contribution in [2.45, 2.75) is 369 Å². The molecule has 17 unspecified atom stereocenters. The third kappa shape index (κ3) is 39.4. The highest BCUT2D eigenvalue weighted by Crippen LogP contribution is 2.33. The minimum absolute atomic E-state index is 0.229. The fourth-order valence-corrected chi connectivity index (χ4v) is 12.4. The van der Waals surface area contributed by atoms with Crippen molar-refractivity contribution < 1.29 is 89.4 Å². The quantitative estimate of drug-likeness (QED) is 0.0199. The van der Waals surface area contributed by atoms with Crippen LogP contribution in [0.2, 0.25) is 0 Å². The van der Waals surface area contributed by atoms with E-state index >= 15 is 0 Å². The summed E-state index contributed by atoms with van der Waals surface area (Å²) in [6.45, 7) is 1.60. The summed E-state index contributed by atoms with van der Waals surface area (Å²) in [5.74, 6) is -0.290. The number of amides is 1. The van der Waals surface area contributed by atoms with E-state index in [0.717, 1.165) is 77.0 Å². The number of aliphatic hydroxyl groups is 11. The molecule has 3 heterocycles. The number of hydrogen-bond donors (Lipinski definition) is 12. The highest BCUT2D eigenvalue weighted by Gasteiger charge is 2.53. The van der Waals surface area contributed by atoms with E-state index in [1.807, 2.05) is 6.08 Å². The average Bonchev–Trinajstić information content (AvgIpc) is 0.782. The molecule has 3 fully saturated rings. The molecule has 98 heavy (non-hydrogen) atoms. The van der Waals surface area contributed by atoms with Gasteiger partial charge in [-0.1, -0.05) is 265 Å². The van der Waals surface area contributed by atoms with Gasteiger partial charge in [-0.05, 0) is 89.9 Å². The molecule has 3 saturated heterocycles. The zero-order chi connectivity index (χ0) is 71.1. The van der Waals surface area contributed by atoms with E-state index in [4.69, 9.17) is 28.4 Å². The number of unbranched alkanes of at least 4 members (excludes halogenated alkanes) is 29. The zero-order valence-corrected chi connectivity index (χ0v) is 60.2. The Bertz CT molecular complexity index is 2150. The smallest absolute Gasteiger partial charge is 0.220 e. The van der Waals surface area contributed by atoms with Crippen molar-refractivity contribution in [1.82, 2.24) is 5.32 Å². The molecule has 19 nitrogen and oxygen atoms in total. The molecule has 0 radical (unpaired) electrons.